The summed E-state index contributed by atoms with van der Waals surface area (Å²) >= 11 is 0. The Morgan fingerprint density at radius 3 is 1.68 bits per heavy atom. The molecule has 2 unspecified atom stereocenters. The van der Waals surface area contributed by atoms with E-state index in [1.165, 1.54) is 70.6 Å². The third-order valence-electron chi connectivity index (χ3n) is 4.84. The van der Waals surface area contributed by atoms with Crippen LogP contribution < -0.4 is 0 Å². The second kappa shape index (κ2) is 15.4. The van der Waals surface area contributed by atoms with Crippen molar-refractivity contribution in [2.24, 2.45) is 11.8 Å². The Morgan fingerprint density at radius 2 is 1.23 bits per heavy atom. The number of carbonyl (C=O) groups is 1. The molecule has 0 aromatic carbocycles. The van der Waals surface area contributed by atoms with Gasteiger partial charge in [-0.05, 0) is 24.7 Å². The van der Waals surface area contributed by atoms with Crippen LogP contribution in [0.15, 0.2) is 0 Å². The molecule has 0 aliphatic carbocycles. The van der Waals surface area contributed by atoms with Crippen LogP contribution in [0.5, 0.6) is 0 Å². The lowest BCUT2D eigenvalue weighted by atomic mass is 9.91. The number of hydrogen-bond acceptors (Lipinski definition) is 1. The van der Waals surface area contributed by atoms with Gasteiger partial charge in [0.25, 0.3) is 0 Å². The Labute approximate surface area is 139 Å². The third kappa shape index (κ3) is 15.9. The van der Waals surface area contributed by atoms with Gasteiger partial charge in [-0.2, -0.15) is 0 Å². The molecule has 0 radical (unpaired) electrons. The minimum absolute atomic E-state index is 0.343. The molecule has 0 aliphatic rings. The molecular formula is C20H40O2. The van der Waals surface area contributed by atoms with Gasteiger partial charge < -0.3 is 5.11 Å². The van der Waals surface area contributed by atoms with Crippen LogP contribution in [-0.2, 0) is 4.79 Å². The standard InChI is InChI=1S/C20H40O2/c1-4-18(2)17-19(3)15-13-11-9-7-5-6-8-10-12-14-16-20(21)22/h18-19H,4-17H2,1-3H3,(H,21,22). The van der Waals surface area contributed by atoms with Gasteiger partial charge in [0.05, 0.1) is 0 Å². The van der Waals surface area contributed by atoms with Crippen LogP contribution >= 0.6 is 0 Å². The van der Waals surface area contributed by atoms with E-state index in [4.69, 9.17) is 5.11 Å². The molecule has 0 amide bonds. The van der Waals surface area contributed by atoms with Gasteiger partial charge in [0.15, 0.2) is 0 Å². The molecule has 0 aromatic rings. The molecule has 0 rings (SSSR count). The topological polar surface area (TPSA) is 37.3 Å². The van der Waals surface area contributed by atoms with Crippen molar-refractivity contribution in [2.45, 2.75) is 111 Å². The molecule has 0 bridgehead atoms. The average molecular weight is 313 g/mol. The van der Waals surface area contributed by atoms with E-state index in [1.54, 1.807) is 0 Å². The van der Waals surface area contributed by atoms with E-state index in [-0.39, 0.29) is 0 Å². The van der Waals surface area contributed by atoms with Crippen molar-refractivity contribution in [3.63, 3.8) is 0 Å². The lowest BCUT2D eigenvalue weighted by Crippen LogP contribution is -2.02. The summed E-state index contributed by atoms with van der Waals surface area (Å²) in [6.45, 7) is 7.08. The van der Waals surface area contributed by atoms with Crippen molar-refractivity contribution in [2.75, 3.05) is 0 Å². The first kappa shape index (κ1) is 21.5. The first-order valence-corrected chi connectivity index (χ1v) is 9.78. The van der Waals surface area contributed by atoms with E-state index < -0.39 is 5.97 Å². The van der Waals surface area contributed by atoms with E-state index >= 15 is 0 Å². The number of rotatable bonds is 16. The molecule has 0 fully saturated rings. The normalized spacial score (nSPS) is 14.0. The number of carboxylic acid groups (broad SMARTS) is 1. The molecule has 2 atom stereocenters. The van der Waals surface area contributed by atoms with Crippen molar-refractivity contribution in [1.29, 1.82) is 0 Å². The highest BCUT2D eigenvalue weighted by Gasteiger charge is 2.06. The summed E-state index contributed by atoms with van der Waals surface area (Å²) in [5, 5.41) is 8.55. The minimum atomic E-state index is -0.654. The zero-order chi connectivity index (χ0) is 16.6. The summed E-state index contributed by atoms with van der Waals surface area (Å²) in [6, 6.07) is 0. The van der Waals surface area contributed by atoms with Crippen LogP contribution in [0.3, 0.4) is 0 Å². The van der Waals surface area contributed by atoms with Crippen molar-refractivity contribution in [1.82, 2.24) is 0 Å². The van der Waals surface area contributed by atoms with Gasteiger partial charge in [-0.25, -0.2) is 0 Å². The van der Waals surface area contributed by atoms with Crippen LogP contribution in [0, 0.1) is 11.8 Å². The molecule has 2 nitrogen and oxygen atoms in total. The first-order chi connectivity index (χ1) is 10.6. The maximum atomic E-state index is 10.4. The number of carboxylic acids is 1. The van der Waals surface area contributed by atoms with Crippen LogP contribution in [-0.4, -0.2) is 11.1 Å². The number of hydrogen-bond donors (Lipinski definition) is 1. The summed E-state index contributed by atoms with van der Waals surface area (Å²) in [4.78, 5) is 10.4. The largest absolute Gasteiger partial charge is 0.481 e. The van der Waals surface area contributed by atoms with E-state index in [0.717, 1.165) is 24.7 Å². The highest BCUT2D eigenvalue weighted by Crippen LogP contribution is 2.20. The predicted molar refractivity (Wildman–Crippen MR) is 96.3 cm³/mol. The molecule has 0 saturated heterocycles. The smallest absolute Gasteiger partial charge is 0.303 e. The highest BCUT2D eigenvalue weighted by atomic mass is 16.4. The zero-order valence-corrected chi connectivity index (χ0v) is 15.4. The van der Waals surface area contributed by atoms with Gasteiger partial charge in [-0.3, -0.25) is 4.79 Å². The fourth-order valence-corrected chi connectivity index (χ4v) is 3.15. The average Bonchev–Trinajstić information content (AvgIpc) is 2.47. The summed E-state index contributed by atoms with van der Waals surface area (Å²) in [5.74, 6) is 1.14. The van der Waals surface area contributed by atoms with Gasteiger partial charge in [0, 0.05) is 6.42 Å². The van der Waals surface area contributed by atoms with E-state index in [2.05, 4.69) is 20.8 Å². The quantitative estimate of drug-likeness (QED) is 0.317. The second-order valence-electron chi connectivity index (χ2n) is 7.32. The molecule has 0 heterocycles. The molecule has 0 aliphatic heterocycles. The SMILES string of the molecule is CCC(C)CC(C)CCCCCCCCCCCCC(=O)O. The summed E-state index contributed by atoms with van der Waals surface area (Å²) in [5.41, 5.74) is 0. The summed E-state index contributed by atoms with van der Waals surface area (Å²) in [6.07, 6.45) is 17.2. The Morgan fingerprint density at radius 1 is 0.773 bits per heavy atom. The van der Waals surface area contributed by atoms with Crippen LogP contribution in [0.25, 0.3) is 0 Å². The maximum Gasteiger partial charge on any atom is 0.303 e. The van der Waals surface area contributed by atoms with Gasteiger partial charge in [0.2, 0.25) is 0 Å². The summed E-state index contributed by atoms with van der Waals surface area (Å²) in [7, 11) is 0. The third-order valence-corrected chi connectivity index (χ3v) is 4.84. The minimum Gasteiger partial charge on any atom is -0.481 e. The fourth-order valence-electron chi connectivity index (χ4n) is 3.15. The Hall–Kier alpha value is -0.530. The lowest BCUT2D eigenvalue weighted by molar-refractivity contribution is -0.137. The molecule has 132 valence electrons. The van der Waals surface area contributed by atoms with Gasteiger partial charge in [-0.1, -0.05) is 91.4 Å². The molecule has 0 aromatic heterocycles. The molecule has 0 saturated carbocycles. The highest BCUT2D eigenvalue weighted by molar-refractivity contribution is 5.66. The first-order valence-electron chi connectivity index (χ1n) is 9.78. The van der Waals surface area contributed by atoms with Crippen LogP contribution in [0.1, 0.15) is 111 Å². The van der Waals surface area contributed by atoms with E-state index in [0.29, 0.717) is 6.42 Å². The molecule has 1 N–H and O–H groups in total. The summed E-state index contributed by atoms with van der Waals surface area (Å²) < 4.78 is 0. The molecule has 22 heavy (non-hydrogen) atoms. The number of unbranched alkanes of at least 4 members (excludes halogenated alkanes) is 9. The fraction of sp³-hybridized carbons (Fsp3) is 0.950. The van der Waals surface area contributed by atoms with Gasteiger partial charge in [-0.15, -0.1) is 0 Å². The monoisotopic (exact) mass is 312 g/mol. The van der Waals surface area contributed by atoms with Crippen molar-refractivity contribution in [3.8, 4) is 0 Å². The lowest BCUT2D eigenvalue weighted by Gasteiger charge is -2.15. The Kier molecular flexibility index (Phi) is 15.0. The second-order valence-corrected chi connectivity index (χ2v) is 7.32. The Balaban J connectivity index is 3.15. The van der Waals surface area contributed by atoms with Crippen LogP contribution in [0.2, 0.25) is 0 Å². The van der Waals surface area contributed by atoms with Gasteiger partial charge >= 0.3 is 5.97 Å². The van der Waals surface area contributed by atoms with Crippen molar-refractivity contribution >= 4 is 5.97 Å². The Bertz CT molecular complexity index is 250. The van der Waals surface area contributed by atoms with Crippen molar-refractivity contribution in [3.05, 3.63) is 0 Å². The van der Waals surface area contributed by atoms with Crippen molar-refractivity contribution < 1.29 is 9.90 Å². The molecule has 0 spiro atoms. The number of aliphatic carboxylic acids is 1. The van der Waals surface area contributed by atoms with Gasteiger partial charge in [0.1, 0.15) is 0 Å². The predicted octanol–water partition coefficient (Wildman–Crippen LogP) is 6.82. The molecule has 2 heteroatoms. The van der Waals surface area contributed by atoms with Crippen LogP contribution in [0.4, 0.5) is 0 Å². The zero-order valence-electron chi connectivity index (χ0n) is 15.4. The van der Waals surface area contributed by atoms with E-state index in [1.807, 2.05) is 0 Å². The maximum absolute atomic E-state index is 10.4. The molecular weight excluding hydrogens is 272 g/mol. The van der Waals surface area contributed by atoms with E-state index in [9.17, 15) is 4.79 Å².